The van der Waals surface area contributed by atoms with Crippen LogP contribution in [0.25, 0.3) is 0 Å². The van der Waals surface area contributed by atoms with E-state index >= 15 is 0 Å². The van der Waals surface area contributed by atoms with Crippen LogP contribution in [0.5, 0.6) is 0 Å². The molecule has 0 spiro atoms. The molecular formula is C10H9FO2. The summed E-state index contributed by atoms with van der Waals surface area (Å²) in [6.45, 7) is 2.90. The summed E-state index contributed by atoms with van der Waals surface area (Å²) in [4.78, 5) is 21.3. The Morgan fingerprint density at radius 1 is 1.46 bits per heavy atom. The van der Waals surface area contributed by atoms with Crippen LogP contribution in [-0.2, 0) is 0 Å². The first kappa shape index (κ1) is 9.58. The lowest BCUT2D eigenvalue weighted by Gasteiger charge is -2.02. The van der Waals surface area contributed by atoms with Gasteiger partial charge in [0.05, 0.1) is 5.56 Å². The van der Waals surface area contributed by atoms with Crippen molar-refractivity contribution in [3.63, 3.8) is 0 Å². The summed E-state index contributed by atoms with van der Waals surface area (Å²) in [5.41, 5.74) is 0.612. The number of Topliss-reactive ketones (excluding diaryl/α,β-unsaturated/α-hetero) is 1. The monoisotopic (exact) mass is 180 g/mol. The zero-order chi connectivity index (χ0) is 10.0. The molecule has 0 heterocycles. The average Bonchev–Trinajstić information content (AvgIpc) is 2.09. The Morgan fingerprint density at radius 2 is 2.08 bits per heavy atom. The first-order valence-corrected chi connectivity index (χ1v) is 3.82. The van der Waals surface area contributed by atoms with E-state index in [1.54, 1.807) is 0 Å². The minimum atomic E-state index is -0.556. The highest BCUT2D eigenvalue weighted by molar-refractivity contribution is 5.96. The fraction of sp³-hybridized carbons (Fsp3) is 0.200. The second kappa shape index (κ2) is 3.47. The van der Waals surface area contributed by atoms with Crippen molar-refractivity contribution in [2.45, 2.75) is 13.8 Å². The molecule has 1 aromatic rings. The zero-order valence-corrected chi connectivity index (χ0v) is 7.43. The standard InChI is InChI=1S/C10H9FO2/c1-6-3-8(7(2)13)4-9(5-12)10(6)11/h3-5H,1-2H3. The lowest BCUT2D eigenvalue weighted by Crippen LogP contribution is -1.99. The number of rotatable bonds is 2. The summed E-state index contributed by atoms with van der Waals surface area (Å²) >= 11 is 0. The second-order valence-electron chi connectivity index (χ2n) is 2.87. The van der Waals surface area contributed by atoms with Crippen molar-refractivity contribution in [2.24, 2.45) is 0 Å². The molecule has 13 heavy (non-hydrogen) atoms. The summed E-state index contributed by atoms with van der Waals surface area (Å²) < 4.78 is 13.1. The van der Waals surface area contributed by atoms with Gasteiger partial charge in [-0.25, -0.2) is 4.39 Å². The third-order valence-corrected chi connectivity index (χ3v) is 1.82. The fourth-order valence-electron chi connectivity index (χ4n) is 1.09. The predicted molar refractivity (Wildman–Crippen MR) is 46.5 cm³/mol. The summed E-state index contributed by atoms with van der Waals surface area (Å²) in [6, 6.07) is 2.70. The molecule has 0 fully saturated rings. The molecule has 0 aliphatic rings. The largest absolute Gasteiger partial charge is 0.298 e. The third-order valence-electron chi connectivity index (χ3n) is 1.82. The molecule has 1 aromatic carbocycles. The highest BCUT2D eigenvalue weighted by Crippen LogP contribution is 2.14. The number of ketones is 1. The van der Waals surface area contributed by atoms with Gasteiger partial charge in [0.1, 0.15) is 5.82 Å². The van der Waals surface area contributed by atoms with Gasteiger partial charge in [-0.3, -0.25) is 9.59 Å². The van der Waals surface area contributed by atoms with Crippen molar-refractivity contribution >= 4 is 12.1 Å². The summed E-state index contributed by atoms with van der Waals surface area (Å²) in [6.07, 6.45) is 0.411. The minimum absolute atomic E-state index is 0.0646. The van der Waals surface area contributed by atoms with Crippen molar-refractivity contribution in [2.75, 3.05) is 0 Å². The molecule has 3 heteroatoms. The van der Waals surface area contributed by atoms with Crippen LogP contribution in [0.3, 0.4) is 0 Å². The topological polar surface area (TPSA) is 34.1 Å². The molecule has 0 aliphatic heterocycles. The lowest BCUT2D eigenvalue weighted by molar-refractivity contribution is 0.101. The number of hydrogen-bond donors (Lipinski definition) is 0. The highest BCUT2D eigenvalue weighted by atomic mass is 19.1. The van der Waals surface area contributed by atoms with Gasteiger partial charge >= 0.3 is 0 Å². The fourth-order valence-corrected chi connectivity index (χ4v) is 1.09. The van der Waals surface area contributed by atoms with Crippen LogP contribution in [0.15, 0.2) is 12.1 Å². The van der Waals surface area contributed by atoms with Gasteiger partial charge in [-0.1, -0.05) is 0 Å². The van der Waals surface area contributed by atoms with Crippen molar-refractivity contribution in [3.8, 4) is 0 Å². The van der Waals surface area contributed by atoms with Gasteiger partial charge in [-0.05, 0) is 31.5 Å². The van der Waals surface area contributed by atoms with E-state index in [9.17, 15) is 14.0 Å². The first-order chi connectivity index (χ1) is 6.06. The van der Waals surface area contributed by atoms with Crippen molar-refractivity contribution in [1.82, 2.24) is 0 Å². The maximum absolute atomic E-state index is 13.1. The molecule has 0 atom stereocenters. The van der Waals surface area contributed by atoms with E-state index in [4.69, 9.17) is 0 Å². The normalized spacial score (nSPS) is 9.77. The SMILES string of the molecule is CC(=O)c1cc(C)c(F)c(C=O)c1. The smallest absolute Gasteiger partial charge is 0.159 e. The average molecular weight is 180 g/mol. The Morgan fingerprint density at radius 3 is 2.54 bits per heavy atom. The number of halogens is 1. The molecule has 0 N–H and O–H groups in total. The first-order valence-electron chi connectivity index (χ1n) is 3.82. The van der Waals surface area contributed by atoms with E-state index in [0.29, 0.717) is 17.4 Å². The molecule has 1 rings (SSSR count). The van der Waals surface area contributed by atoms with Crippen LogP contribution < -0.4 is 0 Å². The molecule has 68 valence electrons. The summed E-state index contributed by atoms with van der Waals surface area (Å²) in [5, 5.41) is 0. The van der Waals surface area contributed by atoms with Crippen molar-refractivity contribution in [1.29, 1.82) is 0 Å². The Hall–Kier alpha value is -1.51. The molecule has 0 bridgehead atoms. The van der Waals surface area contributed by atoms with Crippen molar-refractivity contribution < 1.29 is 14.0 Å². The van der Waals surface area contributed by atoms with Gasteiger partial charge in [0, 0.05) is 5.56 Å². The molecular weight excluding hydrogens is 171 g/mol. The van der Waals surface area contributed by atoms with Crippen LogP contribution in [0.1, 0.15) is 33.2 Å². The molecule has 0 unspecified atom stereocenters. The third kappa shape index (κ3) is 1.80. The molecule has 0 aromatic heterocycles. The lowest BCUT2D eigenvalue weighted by atomic mass is 10.0. The van der Waals surface area contributed by atoms with Crippen LogP contribution in [-0.4, -0.2) is 12.1 Å². The molecule has 0 radical (unpaired) electrons. The zero-order valence-electron chi connectivity index (χ0n) is 7.43. The van der Waals surface area contributed by atoms with E-state index in [0.717, 1.165) is 0 Å². The Balaban J connectivity index is 3.38. The quantitative estimate of drug-likeness (QED) is 0.516. The van der Waals surface area contributed by atoms with Gasteiger partial charge in [0.2, 0.25) is 0 Å². The van der Waals surface area contributed by atoms with E-state index in [2.05, 4.69) is 0 Å². The highest BCUT2D eigenvalue weighted by Gasteiger charge is 2.08. The summed E-state index contributed by atoms with van der Waals surface area (Å²) in [5.74, 6) is -0.730. The van der Waals surface area contributed by atoms with Gasteiger partial charge in [0.15, 0.2) is 12.1 Å². The van der Waals surface area contributed by atoms with Crippen LogP contribution >= 0.6 is 0 Å². The molecule has 0 saturated heterocycles. The molecule has 0 saturated carbocycles. The van der Waals surface area contributed by atoms with Crippen LogP contribution in [0.2, 0.25) is 0 Å². The van der Waals surface area contributed by atoms with Crippen molar-refractivity contribution in [3.05, 3.63) is 34.6 Å². The van der Waals surface area contributed by atoms with E-state index in [-0.39, 0.29) is 11.3 Å². The van der Waals surface area contributed by atoms with Gasteiger partial charge < -0.3 is 0 Å². The number of carbonyl (C=O) groups is 2. The molecule has 0 amide bonds. The van der Waals surface area contributed by atoms with E-state index in [1.165, 1.54) is 26.0 Å². The Kier molecular flexibility index (Phi) is 2.56. The summed E-state index contributed by atoms with van der Waals surface area (Å²) in [7, 11) is 0. The van der Waals surface area contributed by atoms with Gasteiger partial charge in [-0.15, -0.1) is 0 Å². The Labute approximate surface area is 75.4 Å². The van der Waals surface area contributed by atoms with E-state index in [1.807, 2.05) is 0 Å². The Bertz CT molecular complexity index is 369. The number of aryl methyl sites for hydroxylation is 1. The number of hydrogen-bond acceptors (Lipinski definition) is 2. The minimum Gasteiger partial charge on any atom is -0.298 e. The predicted octanol–water partition coefficient (Wildman–Crippen LogP) is 2.15. The van der Waals surface area contributed by atoms with Gasteiger partial charge in [-0.2, -0.15) is 0 Å². The van der Waals surface area contributed by atoms with Gasteiger partial charge in [0.25, 0.3) is 0 Å². The second-order valence-corrected chi connectivity index (χ2v) is 2.87. The molecule has 0 aliphatic carbocycles. The van der Waals surface area contributed by atoms with E-state index < -0.39 is 5.82 Å². The maximum atomic E-state index is 13.1. The van der Waals surface area contributed by atoms with Crippen LogP contribution in [0, 0.1) is 12.7 Å². The number of aldehydes is 1. The number of benzene rings is 1. The maximum Gasteiger partial charge on any atom is 0.159 e. The molecule has 2 nitrogen and oxygen atoms in total. The number of carbonyl (C=O) groups excluding carboxylic acids is 2. The van der Waals surface area contributed by atoms with Crippen LogP contribution in [0.4, 0.5) is 4.39 Å².